The quantitative estimate of drug-likeness (QED) is 0.544. The Balaban J connectivity index is 1.31. The molecule has 142 valence electrons. The van der Waals surface area contributed by atoms with E-state index < -0.39 is 0 Å². The second kappa shape index (κ2) is 7.12. The van der Waals surface area contributed by atoms with Gasteiger partial charge in [-0.3, -0.25) is 9.78 Å². The Morgan fingerprint density at radius 1 is 0.931 bits per heavy atom. The number of aromatic nitrogens is 2. The number of para-hydroxylation sites is 1. The number of fused-ring (bicyclic) bond motifs is 2. The molecule has 5 rings (SSSR count). The van der Waals surface area contributed by atoms with Crippen LogP contribution in [0, 0.1) is 0 Å². The smallest absolute Gasteiger partial charge is 0.257 e. The molecule has 0 atom stereocenters. The van der Waals surface area contributed by atoms with Crippen molar-refractivity contribution in [2.24, 2.45) is 0 Å². The van der Waals surface area contributed by atoms with Crippen LogP contribution in [0.4, 0.5) is 17.2 Å². The summed E-state index contributed by atoms with van der Waals surface area (Å²) in [4.78, 5) is 21.3. The number of nitrogens with one attached hydrogen (secondary N) is 2. The maximum absolute atomic E-state index is 12.5. The fourth-order valence-electron chi connectivity index (χ4n) is 3.12. The molecule has 7 heteroatoms. The molecule has 1 aliphatic rings. The molecule has 29 heavy (non-hydrogen) atoms. The van der Waals surface area contributed by atoms with Crippen molar-refractivity contribution < 1.29 is 14.3 Å². The zero-order valence-corrected chi connectivity index (χ0v) is 15.3. The second-order valence-electron chi connectivity index (χ2n) is 6.46. The maximum Gasteiger partial charge on any atom is 0.257 e. The van der Waals surface area contributed by atoms with Crippen molar-refractivity contribution in [2.45, 2.75) is 0 Å². The third-order valence-corrected chi connectivity index (χ3v) is 4.55. The minimum Gasteiger partial charge on any atom is -0.454 e. The Bertz CT molecular complexity index is 1200. The summed E-state index contributed by atoms with van der Waals surface area (Å²) >= 11 is 0. The van der Waals surface area contributed by atoms with Crippen LogP contribution in [0.25, 0.3) is 10.9 Å². The van der Waals surface area contributed by atoms with Crippen molar-refractivity contribution in [1.29, 1.82) is 0 Å². The maximum atomic E-state index is 12.5. The molecule has 2 aromatic carbocycles. The second-order valence-corrected chi connectivity index (χ2v) is 6.46. The molecule has 1 amide bonds. The fourth-order valence-corrected chi connectivity index (χ4v) is 3.12. The van der Waals surface area contributed by atoms with Crippen LogP contribution in [0.2, 0.25) is 0 Å². The molecule has 0 saturated heterocycles. The van der Waals surface area contributed by atoms with Crippen molar-refractivity contribution in [3.05, 3.63) is 78.6 Å². The van der Waals surface area contributed by atoms with Gasteiger partial charge in [0.2, 0.25) is 6.79 Å². The van der Waals surface area contributed by atoms with Gasteiger partial charge < -0.3 is 20.1 Å². The van der Waals surface area contributed by atoms with Crippen LogP contribution in [0.5, 0.6) is 11.5 Å². The fraction of sp³-hybridized carbons (Fsp3) is 0.0455. The number of hydrogen-bond donors (Lipinski definition) is 2. The highest BCUT2D eigenvalue weighted by Crippen LogP contribution is 2.34. The zero-order valence-electron chi connectivity index (χ0n) is 15.3. The summed E-state index contributed by atoms with van der Waals surface area (Å²) in [6.07, 6.45) is 3.29. The third kappa shape index (κ3) is 3.41. The predicted octanol–water partition coefficient (Wildman–Crippen LogP) is 4.35. The van der Waals surface area contributed by atoms with Crippen LogP contribution in [0.15, 0.2) is 73.1 Å². The van der Waals surface area contributed by atoms with Crippen molar-refractivity contribution in [1.82, 2.24) is 9.97 Å². The van der Waals surface area contributed by atoms with Crippen molar-refractivity contribution in [2.75, 3.05) is 17.4 Å². The van der Waals surface area contributed by atoms with Gasteiger partial charge in [0.1, 0.15) is 5.82 Å². The number of carbonyl (C=O) groups excluding carboxylic acids is 1. The van der Waals surface area contributed by atoms with E-state index in [1.807, 2.05) is 30.3 Å². The Kier molecular flexibility index (Phi) is 4.18. The molecular formula is C22H16N4O3. The van der Waals surface area contributed by atoms with Gasteiger partial charge in [0.05, 0.1) is 16.8 Å². The van der Waals surface area contributed by atoms with E-state index in [0.29, 0.717) is 28.6 Å². The van der Waals surface area contributed by atoms with E-state index in [1.54, 1.807) is 36.5 Å². The summed E-state index contributed by atoms with van der Waals surface area (Å²) in [5, 5.41) is 7.13. The molecule has 2 N–H and O–H groups in total. The van der Waals surface area contributed by atoms with Crippen LogP contribution in [0.3, 0.4) is 0 Å². The zero-order chi connectivity index (χ0) is 19.6. The highest BCUT2D eigenvalue weighted by molar-refractivity contribution is 6.04. The van der Waals surface area contributed by atoms with Crippen LogP contribution in [0.1, 0.15) is 10.4 Å². The number of anilines is 3. The van der Waals surface area contributed by atoms with Gasteiger partial charge >= 0.3 is 0 Å². The number of ether oxygens (including phenoxy) is 2. The third-order valence-electron chi connectivity index (χ3n) is 4.55. The van der Waals surface area contributed by atoms with E-state index in [0.717, 1.165) is 16.6 Å². The molecule has 0 saturated carbocycles. The summed E-state index contributed by atoms with van der Waals surface area (Å²) in [5.41, 5.74) is 2.79. The topological polar surface area (TPSA) is 85.4 Å². The van der Waals surface area contributed by atoms with Gasteiger partial charge in [-0.25, -0.2) is 4.98 Å². The molecule has 2 aromatic heterocycles. The SMILES string of the molecule is O=C(Nc1ccc2c(c1)OCO2)c1ccc(Nc2cccc3cccnc23)nc1. The van der Waals surface area contributed by atoms with Gasteiger partial charge in [0.25, 0.3) is 5.91 Å². The minimum atomic E-state index is -0.255. The first-order valence-electron chi connectivity index (χ1n) is 9.04. The normalized spacial score (nSPS) is 12.0. The number of nitrogens with zero attached hydrogens (tertiary/aromatic N) is 2. The first-order chi connectivity index (χ1) is 14.3. The van der Waals surface area contributed by atoms with E-state index in [-0.39, 0.29) is 12.7 Å². The number of pyridine rings is 2. The first kappa shape index (κ1) is 17.0. The monoisotopic (exact) mass is 384 g/mol. The summed E-state index contributed by atoms with van der Waals surface area (Å²) in [6.45, 7) is 0.192. The molecule has 7 nitrogen and oxygen atoms in total. The Hall–Kier alpha value is -4.13. The summed E-state index contributed by atoms with van der Waals surface area (Å²) in [7, 11) is 0. The van der Waals surface area contributed by atoms with Crippen molar-refractivity contribution >= 4 is 34.0 Å². The van der Waals surface area contributed by atoms with Gasteiger partial charge in [-0.15, -0.1) is 0 Å². The van der Waals surface area contributed by atoms with Crippen molar-refractivity contribution in [3.8, 4) is 11.5 Å². The molecule has 0 radical (unpaired) electrons. The Morgan fingerprint density at radius 2 is 1.83 bits per heavy atom. The van der Waals surface area contributed by atoms with Crippen molar-refractivity contribution in [3.63, 3.8) is 0 Å². The summed E-state index contributed by atoms with van der Waals surface area (Å²) in [5.74, 6) is 1.66. The van der Waals surface area contributed by atoms with Gasteiger partial charge in [0, 0.05) is 29.5 Å². The minimum absolute atomic E-state index is 0.192. The predicted molar refractivity (Wildman–Crippen MR) is 110 cm³/mol. The largest absolute Gasteiger partial charge is 0.454 e. The van der Waals surface area contributed by atoms with Crippen LogP contribution in [-0.2, 0) is 0 Å². The number of rotatable bonds is 4. The van der Waals surface area contributed by atoms with E-state index in [2.05, 4.69) is 20.6 Å². The average molecular weight is 384 g/mol. The number of carbonyl (C=O) groups is 1. The lowest BCUT2D eigenvalue weighted by Gasteiger charge is -2.09. The number of amides is 1. The summed E-state index contributed by atoms with van der Waals surface area (Å²) in [6, 6.07) is 18.6. The first-order valence-corrected chi connectivity index (χ1v) is 9.04. The highest BCUT2D eigenvalue weighted by atomic mass is 16.7. The van der Waals surface area contributed by atoms with E-state index in [1.165, 1.54) is 6.20 Å². The highest BCUT2D eigenvalue weighted by Gasteiger charge is 2.15. The summed E-state index contributed by atoms with van der Waals surface area (Å²) < 4.78 is 10.6. The van der Waals surface area contributed by atoms with E-state index in [4.69, 9.17) is 9.47 Å². The molecule has 0 unspecified atom stereocenters. The van der Waals surface area contributed by atoms with E-state index in [9.17, 15) is 4.79 Å². The number of hydrogen-bond acceptors (Lipinski definition) is 6. The lowest BCUT2D eigenvalue weighted by atomic mass is 10.2. The van der Waals surface area contributed by atoms with Gasteiger partial charge in [-0.2, -0.15) is 0 Å². The van der Waals surface area contributed by atoms with Crippen LogP contribution in [-0.4, -0.2) is 22.7 Å². The number of benzene rings is 2. The van der Waals surface area contributed by atoms with Gasteiger partial charge in [-0.05, 0) is 36.4 Å². The molecule has 0 aliphatic carbocycles. The molecule has 4 aromatic rings. The Morgan fingerprint density at radius 3 is 2.72 bits per heavy atom. The van der Waals surface area contributed by atoms with Gasteiger partial charge in [-0.1, -0.05) is 18.2 Å². The van der Waals surface area contributed by atoms with Crippen LogP contribution < -0.4 is 20.1 Å². The molecule has 0 bridgehead atoms. The van der Waals surface area contributed by atoms with E-state index >= 15 is 0 Å². The molecule has 0 spiro atoms. The molecular weight excluding hydrogens is 368 g/mol. The van der Waals surface area contributed by atoms with Crippen LogP contribution >= 0.6 is 0 Å². The standard InChI is InChI=1S/C22H16N4O3/c27-22(25-16-7-8-18-19(11-16)29-13-28-18)15-6-9-20(24-12-15)26-17-5-1-3-14-4-2-10-23-21(14)17/h1-12H,13H2,(H,24,26)(H,25,27). The average Bonchev–Trinajstić information content (AvgIpc) is 3.22. The lowest BCUT2D eigenvalue weighted by Crippen LogP contribution is -2.12. The lowest BCUT2D eigenvalue weighted by molar-refractivity contribution is 0.102. The molecule has 3 heterocycles. The molecule has 1 aliphatic heterocycles. The van der Waals surface area contributed by atoms with Gasteiger partial charge in [0.15, 0.2) is 11.5 Å². The molecule has 0 fully saturated rings. The Labute approximate surface area is 166 Å².